The number of aromatic nitrogens is 2. The van der Waals surface area contributed by atoms with E-state index < -0.39 is 5.97 Å². The molecule has 1 aromatic carbocycles. The molecule has 0 aliphatic heterocycles. The summed E-state index contributed by atoms with van der Waals surface area (Å²) in [6.45, 7) is 4.01. The maximum atomic E-state index is 10.9. The number of halogens is 1. The summed E-state index contributed by atoms with van der Waals surface area (Å²) in [5.74, 6) is -0.936. The molecule has 16 heavy (non-hydrogen) atoms. The van der Waals surface area contributed by atoms with E-state index in [9.17, 15) is 4.79 Å². The van der Waals surface area contributed by atoms with E-state index in [2.05, 4.69) is 5.10 Å². The number of hydrogen-bond acceptors (Lipinski definition) is 2. The number of rotatable bonds is 2. The van der Waals surface area contributed by atoms with Crippen molar-refractivity contribution in [3.8, 4) is 0 Å². The third-order valence-corrected chi connectivity index (χ3v) is 2.31. The first-order valence-electron chi connectivity index (χ1n) is 4.81. The first-order valence-corrected chi connectivity index (χ1v) is 4.81. The van der Waals surface area contributed by atoms with E-state index in [1.54, 1.807) is 16.8 Å². The van der Waals surface area contributed by atoms with Gasteiger partial charge in [0.25, 0.3) is 0 Å². The van der Waals surface area contributed by atoms with E-state index in [-0.39, 0.29) is 24.0 Å². The number of nitrogens with zero attached hydrogens (tertiary/aromatic N) is 2. The molecule has 0 amide bonds. The zero-order valence-electron chi connectivity index (χ0n) is 9.04. The van der Waals surface area contributed by atoms with Crippen LogP contribution in [0.2, 0.25) is 0 Å². The molecule has 1 aromatic heterocycles. The van der Waals surface area contributed by atoms with Gasteiger partial charge in [0, 0.05) is 17.6 Å². The van der Waals surface area contributed by atoms with Crippen molar-refractivity contribution in [2.45, 2.75) is 19.9 Å². The minimum Gasteiger partial charge on any atom is -0.478 e. The number of hydrogen-bond donors (Lipinski definition) is 1. The summed E-state index contributed by atoms with van der Waals surface area (Å²) in [6, 6.07) is 5.41. The first-order chi connectivity index (χ1) is 7.09. The van der Waals surface area contributed by atoms with Crippen molar-refractivity contribution < 1.29 is 9.90 Å². The Bertz CT molecular complexity index is 520. The van der Waals surface area contributed by atoms with Crippen LogP contribution in [-0.2, 0) is 0 Å². The fourth-order valence-corrected chi connectivity index (χ4v) is 1.50. The maximum Gasteiger partial charge on any atom is 0.337 e. The topological polar surface area (TPSA) is 55.1 Å². The molecule has 1 heterocycles. The summed E-state index contributed by atoms with van der Waals surface area (Å²) in [6.07, 6.45) is 1.87. The van der Waals surface area contributed by atoms with Crippen molar-refractivity contribution in [3.63, 3.8) is 0 Å². The highest BCUT2D eigenvalue weighted by molar-refractivity contribution is 6.01. The van der Waals surface area contributed by atoms with Gasteiger partial charge in [-0.05, 0) is 19.9 Å². The zero-order chi connectivity index (χ0) is 11.0. The Balaban J connectivity index is 0.00000128. The van der Waals surface area contributed by atoms with Crippen molar-refractivity contribution in [2.24, 2.45) is 0 Å². The summed E-state index contributed by atoms with van der Waals surface area (Å²) in [5, 5.41) is 14.1. The van der Waals surface area contributed by atoms with E-state index in [1.807, 2.05) is 26.1 Å². The Morgan fingerprint density at radius 1 is 1.44 bits per heavy atom. The molecule has 0 spiro atoms. The Morgan fingerprint density at radius 2 is 2.12 bits per heavy atom. The van der Waals surface area contributed by atoms with Crippen LogP contribution in [0, 0.1) is 0 Å². The van der Waals surface area contributed by atoms with Gasteiger partial charge in [-0.25, -0.2) is 4.79 Å². The van der Waals surface area contributed by atoms with Gasteiger partial charge in [-0.15, -0.1) is 12.4 Å². The molecule has 5 heteroatoms. The normalized spacial score (nSPS) is 10.4. The van der Waals surface area contributed by atoms with Gasteiger partial charge < -0.3 is 5.11 Å². The summed E-state index contributed by atoms with van der Waals surface area (Å²) < 4.78 is 1.77. The van der Waals surface area contributed by atoms with E-state index in [4.69, 9.17) is 5.11 Å². The van der Waals surface area contributed by atoms with E-state index in [0.717, 1.165) is 5.39 Å². The van der Waals surface area contributed by atoms with Crippen molar-refractivity contribution in [3.05, 3.63) is 30.0 Å². The Morgan fingerprint density at radius 3 is 2.69 bits per heavy atom. The quantitative estimate of drug-likeness (QED) is 0.878. The Hall–Kier alpha value is -1.55. The molecule has 0 aliphatic rings. The number of aromatic carboxylic acids is 1. The third-order valence-electron chi connectivity index (χ3n) is 2.31. The molecule has 2 rings (SSSR count). The van der Waals surface area contributed by atoms with Gasteiger partial charge in [0.2, 0.25) is 0 Å². The second-order valence-corrected chi connectivity index (χ2v) is 3.75. The van der Waals surface area contributed by atoms with Crippen LogP contribution in [-0.4, -0.2) is 20.9 Å². The second-order valence-electron chi connectivity index (χ2n) is 3.75. The smallest absolute Gasteiger partial charge is 0.337 e. The molecule has 0 bridgehead atoms. The number of carboxylic acid groups (broad SMARTS) is 1. The van der Waals surface area contributed by atoms with Crippen molar-refractivity contribution >= 4 is 29.3 Å². The Kier molecular flexibility index (Phi) is 3.55. The predicted molar refractivity (Wildman–Crippen MR) is 64.3 cm³/mol. The lowest BCUT2D eigenvalue weighted by molar-refractivity contribution is 0.0699. The summed E-state index contributed by atoms with van der Waals surface area (Å²) in [4.78, 5) is 10.9. The minimum atomic E-state index is -0.936. The largest absolute Gasteiger partial charge is 0.478 e. The second kappa shape index (κ2) is 4.53. The molecule has 0 saturated heterocycles. The van der Waals surface area contributed by atoms with Crippen molar-refractivity contribution in [1.82, 2.24) is 9.78 Å². The minimum absolute atomic E-state index is 0. The van der Waals surface area contributed by atoms with Crippen LogP contribution in [0.1, 0.15) is 30.2 Å². The number of carboxylic acids is 1. The lowest BCUT2D eigenvalue weighted by Crippen LogP contribution is -2.01. The van der Waals surface area contributed by atoms with Gasteiger partial charge in [-0.2, -0.15) is 5.10 Å². The molecule has 0 aliphatic carbocycles. The van der Waals surface area contributed by atoms with Crippen LogP contribution in [0.15, 0.2) is 24.4 Å². The van der Waals surface area contributed by atoms with Crippen LogP contribution in [0.3, 0.4) is 0 Å². The highest BCUT2D eigenvalue weighted by atomic mass is 35.5. The highest BCUT2D eigenvalue weighted by Crippen LogP contribution is 2.18. The molecular formula is C11H13ClN2O2. The van der Waals surface area contributed by atoms with Gasteiger partial charge in [0.15, 0.2) is 0 Å². The van der Waals surface area contributed by atoms with E-state index in [0.29, 0.717) is 5.52 Å². The fraction of sp³-hybridized carbons (Fsp3) is 0.273. The lowest BCUT2D eigenvalue weighted by atomic mass is 10.1. The van der Waals surface area contributed by atoms with E-state index in [1.165, 1.54) is 0 Å². The van der Waals surface area contributed by atoms with Crippen LogP contribution in [0.5, 0.6) is 0 Å². The van der Waals surface area contributed by atoms with Gasteiger partial charge in [-0.3, -0.25) is 4.68 Å². The molecule has 0 fully saturated rings. The maximum absolute atomic E-state index is 10.9. The van der Waals surface area contributed by atoms with Crippen LogP contribution in [0.4, 0.5) is 0 Å². The zero-order valence-corrected chi connectivity index (χ0v) is 9.86. The highest BCUT2D eigenvalue weighted by Gasteiger charge is 2.12. The monoisotopic (exact) mass is 240 g/mol. The summed E-state index contributed by atoms with van der Waals surface area (Å²) >= 11 is 0. The van der Waals surface area contributed by atoms with Crippen LogP contribution >= 0.6 is 12.4 Å². The molecule has 0 saturated carbocycles. The third kappa shape index (κ3) is 2.02. The standard InChI is InChI=1S/C11H12N2O2.ClH/c1-7(2)13-6-8-4-3-5-9(11(14)15)10(8)12-13;/h3-7H,1-2H3,(H,14,15);1H. The number of fused-ring (bicyclic) bond motifs is 1. The lowest BCUT2D eigenvalue weighted by Gasteiger charge is -2.02. The molecule has 0 radical (unpaired) electrons. The molecule has 0 atom stereocenters. The summed E-state index contributed by atoms with van der Waals surface area (Å²) in [5.41, 5.74) is 0.811. The first kappa shape index (κ1) is 12.5. The molecule has 0 unspecified atom stereocenters. The predicted octanol–water partition coefficient (Wildman–Crippen LogP) is 2.74. The molecule has 2 aromatic rings. The van der Waals surface area contributed by atoms with Crippen molar-refractivity contribution in [1.29, 1.82) is 0 Å². The van der Waals surface area contributed by atoms with Crippen molar-refractivity contribution in [2.75, 3.05) is 0 Å². The average molecular weight is 241 g/mol. The molecule has 4 nitrogen and oxygen atoms in total. The molecular weight excluding hydrogens is 228 g/mol. The van der Waals surface area contributed by atoms with Crippen LogP contribution in [0.25, 0.3) is 10.9 Å². The van der Waals surface area contributed by atoms with E-state index >= 15 is 0 Å². The SMILES string of the molecule is CC(C)n1cc2cccc(C(=O)O)c2n1.Cl. The number of benzene rings is 1. The molecule has 1 N–H and O–H groups in total. The van der Waals surface area contributed by atoms with Gasteiger partial charge in [-0.1, -0.05) is 12.1 Å². The van der Waals surface area contributed by atoms with Gasteiger partial charge in [0.05, 0.1) is 5.56 Å². The average Bonchev–Trinajstić information content (AvgIpc) is 2.60. The Labute approximate surface area is 99.3 Å². The van der Waals surface area contributed by atoms with Gasteiger partial charge in [0.1, 0.15) is 5.52 Å². The number of carbonyl (C=O) groups is 1. The summed E-state index contributed by atoms with van der Waals surface area (Å²) in [7, 11) is 0. The molecule has 86 valence electrons. The fourth-order valence-electron chi connectivity index (χ4n) is 1.50. The van der Waals surface area contributed by atoms with Crippen LogP contribution < -0.4 is 0 Å². The van der Waals surface area contributed by atoms with Gasteiger partial charge >= 0.3 is 5.97 Å².